The summed E-state index contributed by atoms with van der Waals surface area (Å²) in [5.74, 6) is -0.260. The molecule has 0 spiro atoms. The van der Waals surface area contributed by atoms with Crippen LogP contribution in [0.3, 0.4) is 0 Å². The normalized spacial score (nSPS) is 12.0. The topological polar surface area (TPSA) is 20.3 Å². The molecule has 0 saturated carbocycles. The van der Waals surface area contributed by atoms with Crippen LogP contribution in [0.25, 0.3) is 0 Å². The molecule has 1 amide bonds. The Bertz CT molecular complexity index is 609. The first-order valence-corrected chi connectivity index (χ1v) is 8.54. The van der Waals surface area contributed by atoms with Gasteiger partial charge < -0.3 is 4.90 Å². The first-order chi connectivity index (χ1) is 10.5. The highest BCUT2D eigenvalue weighted by Crippen LogP contribution is 2.27. The number of hydrogen-bond donors (Lipinski definition) is 0. The van der Waals surface area contributed by atoms with Crippen molar-refractivity contribution in [3.63, 3.8) is 0 Å². The molecule has 0 radical (unpaired) electrons. The van der Waals surface area contributed by atoms with Crippen molar-refractivity contribution in [3.8, 4) is 0 Å². The fourth-order valence-corrected chi connectivity index (χ4v) is 3.68. The van der Waals surface area contributed by atoms with Gasteiger partial charge in [-0.2, -0.15) is 0 Å². The van der Waals surface area contributed by atoms with Gasteiger partial charge in [0.2, 0.25) is 5.91 Å². The summed E-state index contributed by atoms with van der Waals surface area (Å²) in [6.45, 7) is 2.29. The zero-order valence-electron chi connectivity index (χ0n) is 12.4. The van der Waals surface area contributed by atoms with Crippen LogP contribution in [0.15, 0.2) is 57.9 Å². The molecule has 116 valence electrons. The molecular weight excluding hydrogens is 365 g/mol. The molecule has 0 aliphatic carbocycles. The lowest BCUT2D eigenvalue weighted by atomic mass is 10.2. The predicted molar refractivity (Wildman–Crippen MR) is 92.3 cm³/mol. The molecule has 0 aliphatic heterocycles. The number of amides is 1. The molecule has 22 heavy (non-hydrogen) atoms. The van der Waals surface area contributed by atoms with E-state index < -0.39 is 0 Å². The fourth-order valence-electron chi connectivity index (χ4n) is 2.09. The summed E-state index contributed by atoms with van der Waals surface area (Å²) in [6, 6.07) is 14.2. The van der Waals surface area contributed by atoms with Gasteiger partial charge in [-0.3, -0.25) is 4.79 Å². The zero-order chi connectivity index (χ0) is 16.1. The van der Waals surface area contributed by atoms with Crippen LogP contribution in [0.5, 0.6) is 0 Å². The van der Waals surface area contributed by atoms with Gasteiger partial charge >= 0.3 is 0 Å². The molecule has 1 atom stereocenters. The van der Waals surface area contributed by atoms with Crippen LogP contribution in [0.2, 0.25) is 0 Å². The number of benzene rings is 2. The average Bonchev–Trinajstić information content (AvgIpc) is 2.46. The summed E-state index contributed by atoms with van der Waals surface area (Å²) in [7, 11) is 1.74. The average molecular weight is 382 g/mol. The molecule has 0 saturated heterocycles. The van der Waals surface area contributed by atoms with E-state index in [-0.39, 0.29) is 17.0 Å². The Balaban J connectivity index is 1.97. The minimum absolute atomic E-state index is 0.0224. The van der Waals surface area contributed by atoms with E-state index in [0.29, 0.717) is 6.54 Å². The number of rotatable bonds is 5. The van der Waals surface area contributed by atoms with Crippen molar-refractivity contribution >= 4 is 33.6 Å². The number of thioether (sulfide) groups is 1. The Morgan fingerprint density at radius 2 is 2.00 bits per heavy atom. The first-order valence-electron chi connectivity index (χ1n) is 6.87. The Kier molecular flexibility index (Phi) is 6.03. The highest BCUT2D eigenvalue weighted by atomic mass is 79.9. The van der Waals surface area contributed by atoms with Gasteiger partial charge in [0.15, 0.2) is 0 Å². The standard InChI is InChI=1S/C17H17BrFNOS/c1-12(22-16-8-4-6-14(18)10-16)17(21)20(2)11-13-5-3-7-15(19)9-13/h3-10,12H,11H2,1-2H3. The Labute approximate surface area is 142 Å². The van der Waals surface area contributed by atoms with Crippen molar-refractivity contribution in [1.82, 2.24) is 4.90 Å². The van der Waals surface area contributed by atoms with Gasteiger partial charge in [-0.15, -0.1) is 11.8 Å². The van der Waals surface area contributed by atoms with Crippen LogP contribution < -0.4 is 0 Å². The minimum atomic E-state index is -0.282. The van der Waals surface area contributed by atoms with Crippen molar-refractivity contribution in [1.29, 1.82) is 0 Å². The Morgan fingerprint density at radius 3 is 2.68 bits per heavy atom. The highest BCUT2D eigenvalue weighted by molar-refractivity contribution is 9.10. The van der Waals surface area contributed by atoms with E-state index in [1.54, 1.807) is 18.0 Å². The maximum Gasteiger partial charge on any atom is 0.235 e. The SMILES string of the molecule is CC(Sc1cccc(Br)c1)C(=O)N(C)Cc1cccc(F)c1. The maximum absolute atomic E-state index is 13.2. The predicted octanol–water partition coefficient (Wildman–Crippen LogP) is 4.73. The van der Waals surface area contributed by atoms with Gasteiger partial charge in [-0.1, -0.05) is 34.1 Å². The van der Waals surface area contributed by atoms with Gasteiger partial charge in [0.1, 0.15) is 5.82 Å². The second-order valence-corrected chi connectivity index (χ2v) is 7.37. The zero-order valence-corrected chi connectivity index (χ0v) is 14.8. The summed E-state index contributed by atoms with van der Waals surface area (Å²) in [4.78, 5) is 15.1. The van der Waals surface area contributed by atoms with Crippen LogP contribution >= 0.6 is 27.7 Å². The molecule has 0 bridgehead atoms. The van der Waals surface area contributed by atoms with Gasteiger partial charge in [-0.25, -0.2) is 4.39 Å². The van der Waals surface area contributed by atoms with Gasteiger partial charge in [0, 0.05) is 23.0 Å². The fraction of sp³-hybridized carbons (Fsp3) is 0.235. The summed E-state index contributed by atoms with van der Waals surface area (Å²) in [5.41, 5.74) is 0.788. The molecule has 0 aromatic heterocycles. The Morgan fingerprint density at radius 1 is 1.27 bits per heavy atom. The smallest absolute Gasteiger partial charge is 0.235 e. The summed E-state index contributed by atoms with van der Waals surface area (Å²) in [6.07, 6.45) is 0. The monoisotopic (exact) mass is 381 g/mol. The lowest BCUT2D eigenvalue weighted by Gasteiger charge is -2.21. The molecule has 2 rings (SSSR count). The van der Waals surface area contributed by atoms with Crippen molar-refractivity contribution in [3.05, 3.63) is 64.4 Å². The van der Waals surface area contributed by atoms with Crippen molar-refractivity contribution in [2.45, 2.75) is 23.6 Å². The second-order valence-electron chi connectivity index (χ2n) is 5.04. The van der Waals surface area contributed by atoms with E-state index in [1.165, 1.54) is 23.9 Å². The molecule has 1 unspecified atom stereocenters. The van der Waals surface area contributed by atoms with Gasteiger partial charge in [-0.05, 0) is 42.8 Å². The first kappa shape index (κ1) is 17.0. The molecular formula is C17H17BrFNOS. The van der Waals surface area contributed by atoms with Crippen LogP contribution in [0, 0.1) is 5.82 Å². The van der Waals surface area contributed by atoms with Crippen molar-refractivity contribution < 1.29 is 9.18 Å². The number of carbonyl (C=O) groups is 1. The van der Waals surface area contributed by atoms with Crippen LogP contribution in [0.4, 0.5) is 4.39 Å². The van der Waals surface area contributed by atoms with Crippen LogP contribution in [-0.4, -0.2) is 23.1 Å². The van der Waals surface area contributed by atoms with E-state index in [0.717, 1.165) is 14.9 Å². The van der Waals surface area contributed by atoms with Gasteiger partial charge in [0.25, 0.3) is 0 Å². The molecule has 0 heterocycles. The largest absolute Gasteiger partial charge is 0.340 e. The number of nitrogens with zero attached hydrogens (tertiary/aromatic N) is 1. The molecule has 2 aromatic rings. The van der Waals surface area contributed by atoms with Crippen LogP contribution in [0.1, 0.15) is 12.5 Å². The second kappa shape index (κ2) is 7.79. The quantitative estimate of drug-likeness (QED) is 0.697. The number of hydrogen-bond acceptors (Lipinski definition) is 2. The summed E-state index contributed by atoms with van der Waals surface area (Å²) in [5, 5.41) is -0.201. The molecule has 0 fully saturated rings. The highest BCUT2D eigenvalue weighted by Gasteiger charge is 2.19. The third-order valence-corrected chi connectivity index (χ3v) is 4.72. The van der Waals surface area contributed by atoms with E-state index in [2.05, 4.69) is 15.9 Å². The van der Waals surface area contributed by atoms with E-state index in [9.17, 15) is 9.18 Å². The molecule has 5 heteroatoms. The molecule has 2 nitrogen and oxygen atoms in total. The molecule has 0 N–H and O–H groups in total. The summed E-state index contributed by atoms with van der Waals surface area (Å²) < 4.78 is 14.2. The van der Waals surface area contributed by atoms with Gasteiger partial charge in [0.05, 0.1) is 5.25 Å². The lowest BCUT2D eigenvalue weighted by molar-refractivity contribution is -0.129. The molecule has 0 aliphatic rings. The maximum atomic E-state index is 13.2. The lowest BCUT2D eigenvalue weighted by Crippen LogP contribution is -2.32. The number of halogens is 2. The Hall–Kier alpha value is -1.33. The third kappa shape index (κ3) is 4.85. The summed E-state index contributed by atoms with van der Waals surface area (Å²) >= 11 is 4.94. The van der Waals surface area contributed by atoms with E-state index >= 15 is 0 Å². The third-order valence-electron chi connectivity index (χ3n) is 3.14. The van der Waals surface area contributed by atoms with Crippen LogP contribution in [-0.2, 0) is 11.3 Å². The van der Waals surface area contributed by atoms with Crippen molar-refractivity contribution in [2.75, 3.05) is 7.05 Å². The van der Waals surface area contributed by atoms with E-state index in [1.807, 2.05) is 37.3 Å². The minimum Gasteiger partial charge on any atom is -0.340 e. The van der Waals surface area contributed by atoms with E-state index in [4.69, 9.17) is 0 Å². The molecule has 2 aromatic carbocycles. The number of carbonyl (C=O) groups excluding carboxylic acids is 1. The van der Waals surface area contributed by atoms with Crippen molar-refractivity contribution in [2.24, 2.45) is 0 Å².